The third-order valence-corrected chi connectivity index (χ3v) is 7.92. The number of aryl methyl sites for hydroxylation is 3. The van der Waals surface area contributed by atoms with E-state index in [2.05, 4.69) is 73.2 Å². The minimum atomic E-state index is -0.831. The Morgan fingerprint density at radius 2 is 1.57 bits per heavy atom. The van der Waals surface area contributed by atoms with E-state index in [4.69, 9.17) is 9.47 Å². The van der Waals surface area contributed by atoms with Crippen LogP contribution in [0.4, 0.5) is 4.79 Å². The second-order valence-electron chi connectivity index (χ2n) is 11.7. The highest BCUT2D eigenvalue weighted by Crippen LogP contribution is 2.44. The van der Waals surface area contributed by atoms with Crippen LogP contribution in [0.3, 0.4) is 0 Å². The predicted molar refractivity (Wildman–Crippen MR) is 159 cm³/mol. The summed E-state index contributed by atoms with van der Waals surface area (Å²) in [4.78, 5) is 26.2. The van der Waals surface area contributed by atoms with Gasteiger partial charge in [0, 0.05) is 29.6 Å². The van der Waals surface area contributed by atoms with E-state index in [-0.39, 0.29) is 12.5 Å². The average Bonchev–Trinajstić information content (AvgIpc) is 3.35. The molecule has 1 aromatic heterocycles. The average molecular weight is 539 g/mol. The van der Waals surface area contributed by atoms with Gasteiger partial charge in [-0.3, -0.25) is 0 Å². The van der Waals surface area contributed by atoms with Crippen LogP contribution in [0.2, 0.25) is 0 Å². The predicted octanol–water partition coefficient (Wildman–Crippen LogP) is 6.98. The van der Waals surface area contributed by atoms with Gasteiger partial charge in [0.25, 0.3) is 0 Å². The number of hydrogen-bond donors (Lipinski definition) is 1. The van der Waals surface area contributed by atoms with Crippen LogP contribution in [0, 0.1) is 13.8 Å². The molecule has 1 aliphatic carbocycles. The highest BCUT2D eigenvalue weighted by atomic mass is 16.6. The number of benzene rings is 3. The van der Waals surface area contributed by atoms with Crippen molar-refractivity contribution in [3.63, 3.8) is 0 Å². The molecular weight excluding hydrogens is 500 g/mol. The van der Waals surface area contributed by atoms with Crippen molar-refractivity contribution < 1.29 is 19.1 Å². The summed E-state index contributed by atoms with van der Waals surface area (Å²) in [7, 11) is 2.07. The van der Waals surface area contributed by atoms with E-state index in [0.29, 0.717) is 12.8 Å². The molecule has 5 rings (SSSR count). The van der Waals surface area contributed by atoms with Crippen molar-refractivity contribution in [3.05, 3.63) is 94.7 Å². The van der Waals surface area contributed by atoms with E-state index in [1.54, 1.807) is 0 Å². The fraction of sp³-hybridized carbons (Fsp3) is 0.353. The standard InChI is InChI=1S/C34H38N2O4/c1-21-22(2)36(6)31-19-23(15-17-24(21)31)16-18-30(32(37)40-34(3,4)5)35-33(38)39-20-29-27-13-9-7-11-25(27)26-12-8-10-14-28(26)29/h7-15,17,19,29-30H,16,18,20H2,1-6H3,(H,35,38). The molecule has 40 heavy (non-hydrogen) atoms. The SMILES string of the molecule is Cc1c(C)n(C)c2cc(CCC(NC(=O)OCC3c4ccccc4-c4ccccc43)C(=O)OC(C)(C)C)ccc12. The number of carbonyl (C=O) groups excluding carboxylic acids is 2. The molecule has 0 saturated carbocycles. The Balaban J connectivity index is 1.29. The third kappa shape index (κ3) is 5.48. The monoisotopic (exact) mass is 538 g/mol. The number of aromatic nitrogens is 1. The number of nitrogens with one attached hydrogen (secondary N) is 1. The molecule has 1 N–H and O–H groups in total. The second-order valence-corrected chi connectivity index (χ2v) is 11.7. The van der Waals surface area contributed by atoms with Crippen LogP contribution in [-0.2, 0) is 27.7 Å². The summed E-state index contributed by atoms with van der Waals surface area (Å²) in [5.41, 5.74) is 8.70. The Morgan fingerprint density at radius 3 is 2.20 bits per heavy atom. The topological polar surface area (TPSA) is 69.6 Å². The van der Waals surface area contributed by atoms with Crippen LogP contribution in [-0.4, -0.2) is 34.9 Å². The number of alkyl carbamates (subject to hydrolysis) is 1. The summed E-state index contributed by atoms with van der Waals surface area (Å²) in [5, 5.41) is 4.03. The van der Waals surface area contributed by atoms with Gasteiger partial charge in [0.1, 0.15) is 18.2 Å². The molecule has 3 aromatic carbocycles. The molecule has 1 heterocycles. The molecule has 6 heteroatoms. The van der Waals surface area contributed by atoms with Crippen molar-refractivity contribution in [2.75, 3.05) is 6.61 Å². The first-order chi connectivity index (χ1) is 19.0. The molecule has 1 unspecified atom stereocenters. The van der Waals surface area contributed by atoms with Crippen molar-refractivity contribution in [2.24, 2.45) is 7.05 Å². The van der Waals surface area contributed by atoms with Crippen molar-refractivity contribution in [2.45, 2.75) is 65.0 Å². The lowest BCUT2D eigenvalue weighted by atomic mass is 9.98. The molecule has 0 saturated heterocycles. The number of amides is 1. The van der Waals surface area contributed by atoms with E-state index >= 15 is 0 Å². The Kier molecular flexibility index (Phi) is 7.45. The molecule has 0 radical (unpaired) electrons. The van der Waals surface area contributed by atoms with Crippen LogP contribution in [0.5, 0.6) is 0 Å². The molecule has 1 amide bonds. The van der Waals surface area contributed by atoms with E-state index in [1.807, 2.05) is 45.0 Å². The molecular formula is C34H38N2O4. The highest BCUT2D eigenvalue weighted by molar-refractivity contribution is 5.86. The maximum atomic E-state index is 13.1. The number of nitrogens with zero attached hydrogens (tertiary/aromatic N) is 1. The molecule has 0 bridgehead atoms. The zero-order chi connectivity index (χ0) is 28.6. The maximum Gasteiger partial charge on any atom is 0.407 e. The highest BCUT2D eigenvalue weighted by Gasteiger charge is 2.31. The van der Waals surface area contributed by atoms with Gasteiger partial charge in [0.05, 0.1) is 0 Å². The van der Waals surface area contributed by atoms with Crippen LogP contribution < -0.4 is 5.32 Å². The Labute approximate surface area is 236 Å². The first-order valence-electron chi connectivity index (χ1n) is 13.9. The lowest BCUT2D eigenvalue weighted by Gasteiger charge is -2.25. The Hall–Kier alpha value is -4.06. The lowest BCUT2D eigenvalue weighted by molar-refractivity contribution is -0.157. The number of hydrogen-bond acceptors (Lipinski definition) is 4. The number of rotatable bonds is 7. The fourth-order valence-electron chi connectivity index (χ4n) is 5.67. The van der Waals surface area contributed by atoms with Crippen molar-refractivity contribution in [1.82, 2.24) is 9.88 Å². The van der Waals surface area contributed by atoms with Crippen LogP contribution in [0.25, 0.3) is 22.0 Å². The smallest absolute Gasteiger partial charge is 0.407 e. The van der Waals surface area contributed by atoms with E-state index in [1.165, 1.54) is 27.8 Å². The van der Waals surface area contributed by atoms with Crippen molar-refractivity contribution in [3.8, 4) is 11.1 Å². The summed E-state index contributed by atoms with van der Waals surface area (Å²) in [6, 6.07) is 22.0. The molecule has 6 nitrogen and oxygen atoms in total. The van der Waals surface area contributed by atoms with Crippen LogP contribution >= 0.6 is 0 Å². The van der Waals surface area contributed by atoms with Gasteiger partial charge in [0.2, 0.25) is 0 Å². The van der Waals surface area contributed by atoms with E-state index in [0.717, 1.165) is 22.2 Å². The summed E-state index contributed by atoms with van der Waals surface area (Å²) in [6.07, 6.45) is 0.377. The van der Waals surface area contributed by atoms with Gasteiger partial charge in [-0.05, 0) is 86.9 Å². The number of fused-ring (bicyclic) bond motifs is 4. The third-order valence-electron chi connectivity index (χ3n) is 7.92. The van der Waals surface area contributed by atoms with Crippen LogP contribution in [0.1, 0.15) is 61.1 Å². The summed E-state index contributed by atoms with van der Waals surface area (Å²) in [5.74, 6) is -0.519. The minimum Gasteiger partial charge on any atom is -0.458 e. The van der Waals surface area contributed by atoms with Gasteiger partial charge in [-0.25, -0.2) is 9.59 Å². The van der Waals surface area contributed by atoms with Crippen molar-refractivity contribution in [1.29, 1.82) is 0 Å². The van der Waals surface area contributed by atoms with Gasteiger partial charge in [0.15, 0.2) is 0 Å². The summed E-state index contributed by atoms with van der Waals surface area (Å²) >= 11 is 0. The van der Waals surface area contributed by atoms with Gasteiger partial charge in [-0.2, -0.15) is 0 Å². The number of esters is 1. The molecule has 0 aliphatic heterocycles. The zero-order valence-electron chi connectivity index (χ0n) is 24.2. The second kappa shape index (κ2) is 10.8. The number of carbonyl (C=O) groups is 2. The largest absolute Gasteiger partial charge is 0.458 e. The van der Waals surface area contributed by atoms with E-state index in [9.17, 15) is 9.59 Å². The molecule has 4 aromatic rings. The van der Waals surface area contributed by atoms with Crippen molar-refractivity contribution >= 4 is 23.0 Å². The Morgan fingerprint density at radius 1 is 0.950 bits per heavy atom. The van der Waals surface area contributed by atoms with Crippen LogP contribution in [0.15, 0.2) is 66.7 Å². The van der Waals surface area contributed by atoms with Gasteiger partial charge in [-0.1, -0.05) is 60.7 Å². The Bertz CT molecular complexity index is 1530. The first-order valence-corrected chi connectivity index (χ1v) is 13.9. The zero-order valence-corrected chi connectivity index (χ0v) is 24.2. The summed E-state index contributed by atoms with van der Waals surface area (Å²) in [6.45, 7) is 9.90. The molecule has 0 spiro atoms. The lowest BCUT2D eigenvalue weighted by Crippen LogP contribution is -2.45. The van der Waals surface area contributed by atoms with E-state index < -0.39 is 23.7 Å². The molecule has 208 valence electrons. The van der Waals surface area contributed by atoms with Gasteiger partial charge < -0.3 is 19.4 Å². The number of ether oxygens (including phenoxy) is 2. The maximum absolute atomic E-state index is 13.1. The normalized spacial score (nSPS) is 13.6. The molecule has 1 atom stereocenters. The summed E-state index contributed by atoms with van der Waals surface area (Å²) < 4.78 is 13.6. The van der Waals surface area contributed by atoms with Gasteiger partial charge >= 0.3 is 12.1 Å². The molecule has 0 fully saturated rings. The quantitative estimate of drug-likeness (QED) is 0.258. The fourth-order valence-corrected chi connectivity index (χ4v) is 5.67. The van der Waals surface area contributed by atoms with Gasteiger partial charge in [-0.15, -0.1) is 0 Å². The minimum absolute atomic E-state index is 0.0537. The first kappa shape index (κ1) is 27.5. The molecule has 1 aliphatic rings.